The molecule has 6 rings (SSSR count). The zero-order valence-electron chi connectivity index (χ0n) is 42.9. The molecule has 0 radical (unpaired) electrons. The molecular weight excluding hydrogens is 1150 g/mol. The monoisotopic (exact) mass is 1200 g/mol. The van der Waals surface area contributed by atoms with Crippen molar-refractivity contribution < 1.29 is 234 Å². The molecule has 2 heterocycles. The van der Waals surface area contributed by atoms with Crippen molar-refractivity contribution in [1.29, 1.82) is 0 Å². The quantitative estimate of drug-likeness (QED) is 0.0103. The zero-order chi connectivity index (χ0) is 51.6. The summed E-state index contributed by atoms with van der Waals surface area (Å²) in [6.45, 7) is 9.76. The summed E-state index contributed by atoms with van der Waals surface area (Å²) >= 11 is 0.840. The molecule has 0 aromatic heterocycles. The van der Waals surface area contributed by atoms with E-state index in [0.29, 0.717) is 74.2 Å². The van der Waals surface area contributed by atoms with Gasteiger partial charge in [-0.05, 0) is 98.8 Å². The van der Waals surface area contributed by atoms with Crippen LogP contribution < -0.4 is 163 Å². The van der Waals surface area contributed by atoms with Gasteiger partial charge in [0.05, 0.1) is 59.5 Å². The third-order valence-corrected chi connectivity index (χ3v) is 16.3. The zero-order valence-corrected chi connectivity index (χ0v) is 57.8. The summed E-state index contributed by atoms with van der Waals surface area (Å²) in [6.07, 6.45) is 11.4. The van der Waals surface area contributed by atoms with Gasteiger partial charge in [0.25, 0.3) is 0 Å². The molecule has 2 aliphatic heterocycles. The van der Waals surface area contributed by atoms with E-state index in [9.17, 15) is 62.4 Å². The molecule has 2 aliphatic rings. The second-order valence-corrected chi connectivity index (χ2v) is 24.7. The van der Waals surface area contributed by atoms with Crippen molar-refractivity contribution in [3.8, 4) is 0 Å². The van der Waals surface area contributed by atoms with Crippen LogP contribution in [-0.2, 0) is 70.0 Å². The average molecular weight is 1200 g/mol. The summed E-state index contributed by atoms with van der Waals surface area (Å²) in [5.41, 5.74) is 2.57. The Bertz CT molecular complexity index is 3350. The van der Waals surface area contributed by atoms with Crippen LogP contribution in [0.25, 0.3) is 21.5 Å². The number of nitrogens with zero attached hydrogens (tertiary/aromatic N) is 2. The van der Waals surface area contributed by atoms with E-state index in [-0.39, 0.29) is 202 Å². The van der Waals surface area contributed by atoms with Crippen LogP contribution in [-0.4, -0.2) is 86.8 Å². The number of hydrogen-bond acceptors (Lipinski definition) is 21. The molecule has 0 aliphatic carbocycles. The van der Waals surface area contributed by atoms with Gasteiger partial charge in [0, 0.05) is 79.5 Å². The number of unbranched alkanes of at least 4 members (excludes halogenated alkanes) is 2. The van der Waals surface area contributed by atoms with Gasteiger partial charge in [-0.3, -0.25) is 10.1 Å². The fraction of sp³-hybridized carbons (Fsp3) is 0.341. The van der Waals surface area contributed by atoms with Crippen molar-refractivity contribution in [3.63, 3.8) is 0 Å². The molecule has 0 unspecified atom stereocenters. The summed E-state index contributed by atoms with van der Waals surface area (Å²) in [4.78, 5) is 1.01. The Kier molecular flexibility index (Phi) is 30.0. The first-order valence-electron chi connectivity index (χ1n) is 21.0. The van der Waals surface area contributed by atoms with E-state index in [1.807, 2.05) is 50.2 Å². The smallest absolute Gasteiger partial charge is 0.748 e. The molecule has 380 valence electrons. The largest absolute Gasteiger partial charge is 1.00 e. The first-order chi connectivity index (χ1) is 32.6. The molecule has 0 atom stereocenters. The van der Waals surface area contributed by atoms with E-state index in [0.717, 1.165) is 17.7 Å². The number of rotatable bonds is 22. The predicted molar refractivity (Wildman–Crippen MR) is 251 cm³/mol. The summed E-state index contributed by atoms with van der Waals surface area (Å²) in [5, 5.41) is 29.7. The Morgan fingerprint density at radius 2 is 1.27 bits per heavy atom. The van der Waals surface area contributed by atoms with Crippen molar-refractivity contribution in [2.45, 2.75) is 90.7 Å². The van der Waals surface area contributed by atoms with Crippen molar-refractivity contribution >= 4 is 103 Å². The van der Waals surface area contributed by atoms with E-state index in [1.165, 1.54) is 12.1 Å². The van der Waals surface area contributed by atoms with Crippen LogP contribution in [0.5, 0.6) is 0 Å². The van der Waals surface area contributed by atoms with Crippen molar-refractivity contribution in [2.24, 2.45) is 0 Å². The SMILES string of the molecule is CC(C=C/C=C1/N(CCCCS(=O)(=O)[O-])c2ccc3cc(S(=O)(=O)[O-])cc(SOO[O-])c3c2C1(C)C)=CC=CC1=[N+](CCCCS(=O)(=O)[O-])c2ccc3cc(SOO[O-])cc(S(=O)(=O)[O-])c3c2C1(C)C.[Na+].[Na+].[Na+].[Na+].[Na+]. The molecule has 31 heteroatoms. The maximum absolute atomic E-state index is 12.8. The molecule has 4 aromatic rings. The van der Waals surface area contributed by atoms with Gasteiger partial charge in [-0.15, -0.1) is 0 Å². The maximum Gasteiger partial charge on any atom is 1.00 e. The molecule has 0 bridgehead atoms. The Morgan fingerprint density at radius 3 is 1.85 bits per heavy atom. The van der Waals surface area contributed by atoms with E-state index < -0.39 is 72.6 Å². The Hall–Kier alpha value is 0.930. The average Bonchev–Trinajstić information content (AvgIpc) is 3.61. The minimum atomic E-state index is -5.12. The fourth-order valence-corrected chi connectivity index (χ4v) is 12.6. The van der Waals surface area contributed by atoms with E-state index in [2.05, 4.69) is 18.7 Å². The number of fused-ring (bicyclic) bond motifs is 6. The normalized spacial score (nSPS) is 15.9. The van der Waals surface area contributed by atoms with Crippen LogP contribution in [0, 0.1) is 0 Å². The number of benzene rings is 4. The third-order valence-electron chi connectivity index (χ3n) is 11.9. The molecule has 0 saturated heterocycles. The van der Waals surface area contributed by atoms with Crippen LogP contribution in [0.15, 0.2) is 116 Å². The molecule has 0 N–H and O–H groups in total. The van der Waals surface area contributed by atoms with Crippen molar-refractivity contribution in [1.82, 2.24) is 0 Å². The van der Waals surface area contributed by atoms with E-state index >= 15 is 0 Å². The Balaban J connectivity index is 0.00000562. The molecule has 0 saturated carbocycles. The fourth-order valence-electron chi connectivity index (χ4n) is 9.06. The second kappa shape index (κ2) is 30.5. The first kappa shape index (κ1) is 73.9. The van der Waals surface area contributed by atoms with Gasteiger partial charge in [0.2, 0.25) is 5.69 Å². The van der Waals surface area contributed by atoms with Gasteiger partial charge >= 0.3 is 148 Å². The minimum absolute atomic E-state index is 0. The Morgan fingerprint density at radius 1 is 0.680 bits per heavy atom. The molecule has 0 spiro atoms. The van der Waals surface area contributed by atoms with Crippen molar-refractivity contribution in [2.75, 3.05) is 29.5 Å². The summed E-state index contributed by atoms with van der Waals surface area (Å²) < 4.78 is 154. The summed E-state index contributed by atoms with van der Waals surface area (Å²) in [7, 11) is -19.0. The van der Waals surface area contributed by atoms with Crippen LogP contribution in [0.1, 0.15) is 71.4 Å². The molecule has 0 fully saturated rings. The van der Waals surface area contributed by atoms with Crippen LogP contribution in [0.3, 0.4) is 0 Å². The standard InChI is InChI=1S/C44H50N2O18S6.5Na/c1-28(12-10-14-37-43(2,3)41-33(45(37)20-6-8-22-67(49,50)51)19-17-30-25-32(69(55,56)57)27-35(39(30)41)66-64-62-48)13-11-15-38-44(4,5)42-34(46(38)21-7-9-23-68(52,53)54)18-16-29-24-31(65-63-61-47)26-36(40(29)42)70(58,59)60;;;;;/h10-19,24-27H,6-9,20-23H2,1-5H3,(H5-,47,48,49,50,51,52,53,54,55,56,57,58,59,60);;;;;/q;5*+1/p-5. The predicted octanol–water partition coefficient (Wildman–Crippen LogP) is -9.95. The molecule has 75 heavy (non-hydrogen) atoms. The van der Waals surface area contributed by atoms with Crippen LogP contribution in [0.4, 0.5) is 11.4 Å². The number of hydrogen-bond donors (Lipinski definition) is 0. The first-order valence-corrected chi connectivity index (χ1v) is 28.5. The van der Waals surface area contributed by atoms with Gasteiger partial charge in [-0.1, -0.05) is 49.8 Å². The topological polar surface area (TPSA) is 318 Å². The van der Waals surface area contributed by atoms with E-state index in [1.54, 1.807) is 54.6 Å². The van der Waals surface area contributed by atoms with Gasteiger partial charge < -0.3 is 33.6 Å². The minimum Gasteiger partial charge on any atom is -0.748 e. The molecular formula is C44H45N2Na5O18S6. The molecule has 4 aromatic carbocycles. The number of allylic oxidation sites excluding steroid dienone is 8. The van der Waals surface area contributed by atoms with E-state index in [4.69, 9.17) is 0 Å². The van der Waals surface area contributed by atoms with Gasteiger partial charge in [0.15, 0.2) is 5.71 Å². The van der Waals surface area contributed by atoms with Crippen molar-refractivity contribution in [3.05, 3.63) is 107 Å². The molecule has 20 nitrogen and oxygen atoms in total. The number of anilines is 1. The van der Waals surface area contributed by atoms with Gasteiger partial charge in [-0.2, -0.15) is 13.2 Å². The second-order valence-electron chi connectivity index (χ2n) is 17.4. The van der Waals surface area contributed by atoms with Crippen LogP contribution >= 0.6 is 24.1 Å². The summed E-state index contributed by atoms with van der Waals surface area (Å²) in [5.74, 6) is -1.17. The Labute approximate surface area is 556 Å². The maximum atomic E-state index is 12.8. The molecule has 0 amide bonds. The van der Waals surface area contributed by atoms with Gasteiger partial charge in [0.1, 0.15) is 26.8 Å². The van der Waals surface area contributed by atoms with Crippen LogP contribution in [0.2, 0.25) is 0 Å². The summed E-state index contributed by atoms with van der Waals surface area (Å²) in [6, 6.07) is 11.6. The van der Waals surface area contributed by atoms with Gasteiger partial charge in [-0.25, -0.2) is 33.7 Å². The third kappa shape index (κ3) is 18.5.